The smallest absolute Gasteiger partial charge is 0.251 e. The Hall–Kier alpha value is -3.06. The number of benzene rings is 2. The number of fused-ring (bicyclic) bond motifs is 1. The monoisotopic (exact) mass is 303 g/mol. The minimum Gasteiger partial charge on any atom is -0.361 e. The first-order valence-corrected chi connectivity index (χ1v) is 7.56. The van der Waals surface area contributed by atoms with Crippen molar-refractivity contribution in [2.75, 3.05) is 0 Å². The number of H-pyrrole nitrogens is 1. The standard InChI is InChI=1S/C19H17N3O/c20-11-10-16(22-19(23)14-6-2-1-3-7-14)12-15-13-21-18-9-5-4-8-17(15)18/h1-9,13,16,21H,10,12H2,(H,22,23). The Balaban J connectivity index is 1.77. The minimum atomic E-state index is -0.216. The van der Waals surface area contributed by atoms with Crippen LogP contribution in [0, 0.1) is 11.3 Å². The summed E-state index contributed by atoms with van der Waals surface area (Å²) in [4.78, 5) is 15.5. The lowest BCUT2D eigenvalue weighted by molar-refractivity contribution is 0.0937. The van der Waals surface area contributed by atoms with E-state index < -0.39 is 0 Å². The Kier molecular flexibility index (Phi) is 4.39. The van der Waals surface area contributed by atoms with Crippen LogP contribution in [0.1, 0.15) is 22.3 Å². The number of para-hydroxylation sites is 1. The Morgan fingerprint density at radius 2 is 1.87 bits per heavy atom. The number of aromatic amines is 1. The molecule has 0 aliphatic rings. The third-order valence-corrected chi connectivity index (χ3v) is 3.85. The summed E-state index contributed by atoms with van der Waals surface area (Å²) in [5, 5.41) is 13.1. The second kappa shape index (κ2) is 6.80. The van der Waals surface area contributed by atoms with Gasteiger partial charge in [-0.1, -0.05) is 36.4 Å². The lowest BCUT2D eigenvalue weighted by Gasteiger charge is -2.15. The molecular formula is C19H17N3O. The highest BCUT2D eigenvalue weighted by molar-refractivity contribution is 5.94. The van der Waals surface area contributed by atoms with Crippen molar-refractivity contribution in [3.05, 3.63) is 71.9 Å². The molecule has 3 aromatic rings. The summed E-state index contributed by atoms with van der Waals surface area (Å²) in [5.41, 5.74) is 2.77. The number of aromatic nitrogens is 1. The fourth-order valence-electron chi connectivity index (χ4n) is 2.71. The maximum Gasteiger partial charge on any atom is 0.251 e. The highest BCUT2D eigenvalue weighted by Crippen LogP contribution is 2.19. The number of nitrogens with one attached hydrogen (secondary N) is 2. The van der Waals surface area contributed by atoms with E-state index in [4.69, 9.17) is 5.26 Å². The SMILES string of the molecule is N#CCC(Cc1c[nH]c2ccccc12)NC(=O)c1ccccc1. The molecule has 4 heteroatoms. The molecule has 114 valence electrons. The van der Waals surface area contributed by atoms with E-state index >= 15 is 0 Å². The average molecular weight is 303 g/mol. The van der Waals surface area contributed by atoms with Gasteiger partial charge in [-0.05, 0) is 30.2 Å². The van der Waals surface area contributed by atoms with Gasteiger partial charge in [0.2, 0.25) is 0 Å². The van der Waals surface area contributed by atoms with E-state index in [1.54, 1.807) is 12.1 Å². The zero-order valence-electron chi connectivity index (χ0n) is 12.6. The summed E-state index contributed by atoms with van der Waals surface area (Å²) >= 11 is 0. The van der Waals surface area contributed by atoms with Gasteiger partial charge in [0.05, 0.1) is 12.5 Å². The van der Waals surface area contributed by atoms with Crippen LogP contribution in [0.25, 0.3) is 10.9 Å². The number of nitrogens with zero attached hydrogens (tertiary/aromatic N) is 1. The van der Waals surface area contributed by atoms with E-state index in [0.717, 1.165) is 16.5 Å². The average Bonchev–Trinajstić information content (AvgIpc) is 2.99. The second-order valence-electron chi connectivity index (χ2n) is 5.46. The molecule has 1 amide bonds. The molecule has 0 saturated heterocycles. The molecule has 1 aromatic heterocycles. The summed E-state index contributed by atoms with van der Waals surface area (Å²) < 4.78 is 0. The highest BCUT2D eigenvalue weighted by Gasteiger charge is 2.16. The lowest BCUT2D eigenvalue weighted by atomic mass is 10.0. The molecule has 0 spiro atoms. The molecule has 0 saturated carbocycles. The number of hydrogen-bond donors (Lipinski definition) is 2. The zero-order chi connectivity index (χ0) is 16.1. The van der Waals surface area contributed by atoms with Crippen LogP contribution in [-0.4, -0.2) is 16.9 Å². The number of rotatable bonds is 5. The van der Waals surface area contributed by atoms with Crippen LogP contribution >= 0.6 is 0 Å². The highest BCUT2D eigenvalue weighted by atomic mass is 16.1. The van der Waals surface area contributed by atoms with Gasteiger partial charge in [-0.15, -0.1) is 0 Å². The number of hydrogen-bond acceptors (Lipinski definition) is 2. The molecule has 4 nitrogen and oxygen atoms in total. The van der Waals surface area contributed by atoms with Gasteiger partial charge < -0.3 is 10.3 Å². The van der Waals surface area contributed by atoms with Crippen molar-refractivity contribution in [2.45, 2.75) is 18.9 Å². The van der Waals surface area contributed by atoms with Crippen molar-refractivity contribution in [3.8, 4) is 6.07 Å². The van der Waals surface area contributed by atoms with Crippen molar-refractivity contribution < 1.29 is 4.79 Å². The van der Waals surface area contributed by atoms with Crippen molar-refractivity contribution >= 4 is 16.8 Å². The number of carbonyl (C=O) groups is 1. The molecule has 0 fully saturated rings. The van der Waals surface area contributed by atoms with Gasteiger partial charge >= 0.3 is 0 Å². The fraction of sp³-hybridized carbons (Fsp3) is 0.158. The van der Waals surface area contributed by atoms with Gasteiger partial charge in [-0.3, -0.25) is 4.79 Å². The summed E-state index contributed by atoms with van der Waals surface area (Å²) in [5.74, 6) is -0.148. The van der Waals surface area contributed by atoms with E-state index in [1.165, 1.54) is 0 Å². The van der Waals surface area contributed by atoms with Gasteiger partial charge in [0.1, 0.15) is 0 Å². The molecule has 2 N–H and O–H groups in total. The summed E-state index contributed by atoms with van der Waals surface area (Å²) in [6.45, 7) is 0. The van der Waals surface area contributed by atoms with Crippen LogP contribution in [0.3, 0.4) is 0 Å². The first-order valence-electron chi connectivity index (χ1n) is 7.56. The Morgan fingerprint density at radius 3 is 2.65 bits per heavy atom. The molecule has 1 heterocycles. The van der Waals surface area contributed by atoms with E-state index in [1.807, 2.05) is 48.7 Å². The van der Waals surface area contributed by atoms with Gasteiger partial charge in [0.25, 0.3) is 5.91 Å². The van der Waals surface area contributed by atoms with Crippen molar-refractivity contribution in [2.24, 2.45) is 0 Å². The van der Waals surface area contributed by atoms with Crippen LogP contribution in [0.15, 0.2) is 60.8 Å². The second-order valence-corrected chi connectivity index (χ2v) is 5.46. The summed E-state index contributed by atoms with van der Waals surface area (Å²) in [6.07, 6.45) is 2.85. The largest absolute Gasteiger partial charge is 0.361 e. The molecule has 0 bridgehead atoms. The summed E-state index contributed by atoms with van der Waals surface area (Å²) in [6, 6.07) is 19.0. The lowest BCUT2D eigenvalue weighted by Crippen LogP contribution is -2.36. The Morgan fingerprint density at radius 1 is 1.13 bits per heavy atom. The van der Waals surface area contributed by atoms with Gasteiger partial charge in [0, 0.05) is 28.7 Å². The summed E-state index contributed by atoms with van der Waals surface area (Å²) in [7, 11) is 0. The number of nitriles is 1. The molecule has 0 aliphatic carbocycles. The van der Waals surface area contributed by atoms with Gasteiger partial charge in [-0.2, -0.15) is 5.26 Å². The molecule has 1 atom stereocenters. The van der Waals surface area contributed by atoms with Crippen LogP contribution in [0.4, 0.5) is 0 Å². The molecule has 0 aliphatic heterocycles. The van der Waals surface area contributed by atoms with E-state index in [2.05, 4.69) is 16.4 Å². The molecule has 0 radical (unpaired) electrons. The van der Waals surface area contributed by atoms with Crippen LogP contribution in [-0.2, 0) is 6.42 Å². The number of carbonyl (C=O) groups excluding carboxylic acids is 1. The third kappa shape index (κ3) is 3.41. The minimum absolute atomic E-state index is 0.148. The molecule has 3 rings (SSSR count). The number of amides is 1. The molecular weight excluding hydrogens is 286 g/mol. The van der Waals surface area contributed by atoms with E-state index in [0.29, 0.717) is 12.0 Å². The van der Waals surface area contributed by atoms with Gasteiger partial charge in [-0.25, -0.2) is 0 Å². The normalized spacial score (nSPS) is 11.8. The van der Waals surface area contributed by atoms with Crippen molar-refractivity contribution in [1.29, 1.82) is 5.26 Å². The van der Waals surface area contributed by atoms with Crippen LogP contribution < -0.4 is 5.32 Å². The Bertz CT molecular complexity index is 846. The first-order chi connectivity index (χ1) is 11.3. The topological polar surface area (TPSA) is 68.7 Å². The predicted molar refractivity (Wildman–Crippen MR) is 89.9 cm³/mol. The third-order valence-electron chi connectivity index (χ3n) is 3.85. The van der Waals surface area contributed by atoms with Crippen LogP contribution in [0.2, 0.25) is 0 Å². The van der Waals surface area contributed by atoms with Crippen molar-refractivity contribution in [1.82, 2.24) is 10.3 Å². The van der Waals surface area contributed by atoms with E-state index in [-0.39, 0.29) is 18.4 Å². The van der Waals surface area contributed by atoms with Crippen LogP contribution in [0.5, 0.6) is 0 Å². The van der Waals surface area contributed by atoms with Crippen molar-refractivity contribution in [3.63, 3.8) is 0 Å². The fourth-order valence-corrected chi connectivity index (χ4v) is 2.71. The molecule has 1 unspecified atom stereocenters. The Labute approximate surface area is 134 Å². The van der Waals surface area contributed by atoms with E-state index in [9.17, 15) is 4.79 Å². The quantitative estimate of drug-likeness (QED) is 0.758. The van der Waals surface area contributed by atoms with Gasteiger partial charge in [0.15, 0.2) is 0 Å². The maximum atomic E-state index is 12.3. The zero-order valence-corrected chi connectivity index (χ0v) is 12.6. The molecule has 23 heavy (non-hydrogen) atoms. The predicted octanol–water partition coefficient (Wildman–Crippen LogP) is 3.42. The molecule has 2 aromatic carbocycles. The first kappa shape index (κ1) is 14.9. The maximum absolute atomic E-state index is 12.3.